The highest BCUT2D eigenvalue weighted by atomic mass is 32.2. The Kier molecular flexibility index (Phi) is 5.85. The standard InChI is InChI=1S/C24H17N5O4S2/c30-22(26-16-10-12-18(13-11-16)35(32,33)28-24-25-14-15-34-24)21-19-8-4-5-9-20(19)23(31)29(27-21)17-6-2-1-3-7-17/h1-15H,(H,25,28)(H,26,30). The molecule has 0 saturated heterocycles. The van der Waals surface area contributed by atoms with E-state index in [1.807, 2.05) is 6.07 Å². The number of nitrogens with zero attached hydrogens (tertiary/aromatic N) is 3. The van der Waals surface area contributed by atoms with E-state index in [1.165, 1.54) is 46.5 Å². The van der Waals surface area contributed by atoms with Gasteiger partial charge in [0.05, 0.1) is 16.0 Å². The van der Waals surface area contributed by atoms with E-state index in [1.54, 1.807) is 53.9 Å². The molecule has 0 saturated carbocycles. The van der Waals surface area contributed by atoms with Crippen molar-refractivity contribution in [2.75, 3.05) is 10.0 Å². The third-order valence-electron chi connectivity index (χ3n) is 5.10. The van der Waals surface area contributed by atoms with E-state index in [0.717, 1.165) is 0 Å². The molecular weight excluding hydrogens is 486 g/mol. The predicted octanol–water partition coefficient (Wildman–Crippen LogP) is 3.90. The second-order valence-electron chi connectivity index (χ2n) is 7.37. The fraction of sp³-hybridized carbons (Fsp3) is 0. The van der Waals surface area contributed by atoms with Crippen molar-refractivity contribution in [3.63, 3.8) is 0 Å². The Morgan fingerprint density at radius 2 is 1.57 bits per heavy atom. The molecule has 5 aromatic rings. The molecule has 35 heavy (non-hydrogen) atoms. The van der Waals surface area contributed by atoms with Gasteiger partial charge in [0.25, 0.3) is 21.5 Å². The van der Waals surface area contributed by atoms with Gasteiger partial charge in [-0.25, -0.2) is 13.4 Å². The summed E-state index contributed by atoms with van der Waals surface area (Å²) in [4.78, 5) is 30.1. The third kappa shape index (κ3) is 4.54. The average Bonchev–Trinajstić information content (AvgIpc) is 3.37. The Hall–Kier alpha value is -4.35. The highest BCUT2D eigenvalue weighted by Gasteiger charge is 2.19. The molecule has 0 aliphatic heterocycles. The highest BCUT2D eigenvalue weighted by Crippen LogP contribution is 2.21. The zero-order valence-electron chi connectivity index (χ0n) is 18.0. The van der Waals surface area contributed by atoms with E-state index >= 15 is 0 Å². The second-order valence-corrected chi connectivity index (χ2v) is 9.94. The molecule has 2 N–H and O–H groups in total. The van der Waals surface area contributed by atoms with Crippen LogP contribution in [-0.2, 0) is 10.0 Å². The number of carbonyl (C=O) groups excluding carboxylic acids is 1. The van der Waals surface area contributed by atoms with Crippen LogP contribution in [0.3, 0.4) is 0 Å². The Balaban J connectivity index is 1.46. The fourth-order valence-electron chi connectivity index (χ4n) is 3.46. The van der Waals surface area contributed by atoms with Crippen molar-refractivity contribution in [2.24, 2.45) is 0 Å². The summed E-state index contributed by atoms with van der Waals surface area (Å²) in [7, 11) is -3.82. The third-order valence-corrected chi connectivity index (χ3v) is 7.27. The van der Waals surface area contributed by atoms with Crippen molar-refractivity contribution >= 4 is 48.9 Å². The van der Waals surface area contributed by atoms with E-state index in [9.17, 15) is 18.0 Å². The van der Waals surface area contributed by atoms with Gasteiger partial charge in [0.2, 0.25) is 0 Å². The molecule has 11 heteroatoms. The summed E-state index contributed by atoms with van der Waals surface area (Å²) in [6.07, 6.45) is 1.50. The normalized spacial score (nSPS) is 11.3. The van der Waals surface area contributed by atoms with Gasteiger partial charge in [0.15, 0.2) is 10.8 Å². The molecule has 0 aliphatic carbocycles. The summed E-state index contributed by atoms with van der Waals surface area (Å²) in [6.45, 7) is 0. The molecule has 5 rings (SSSR count). The van der Waals surface area contributed by atoms with Gasteiger partial charge in [-0.3, -0.25) is 14.3 Å². The number of hydrogen-bond acceptors (Lipinski definition) is 7. The van der Waals surface area contributed by atoms with Crippen molar-refractivity contribution in [3.05, 3.63) is 106 Å². The summed E-state index contributed by atoms with van der Waals surface area (Å²) >= 11 is 1.17. The number of fused-ring (bicyclic) bond motifs is 1. The van der Waals surface area contributed by atoms with Crippen molar-refractivity contribution in [3.8, 4) is 5.69 Å². The lowest BCUT2D eigenvalue weighted by Crippen LogP contribution is -2.26. The number of aromatic nitrogens is 3. The second kappa shape index (κ2) is 9.12. The lowest BCUT2D eigenvalue weighted by molar-refractivity contribution is 0.102. The van der Waals surface area contributed by atoms with E-state index in [-0.39, 0.29) is 21.3 Å². The van der Waals surface area contributed by atoms with Crippen LogP contribution in [0.15, 0.2) is 100 Å². The van der Waals surface area contributed by atoms with Gasteiger partial charge in [-0.05, 0) is 42.5 Å². The van der Waals surface area contributed by atoms with Crippen molar-refractivity contribution in [1.82, 2.24) is 14.8 Å². The van der Waals surface area contributed by atoms with E-state index in [4.69, 9.17) is 0 Å². The number of amides is 1. The number of sulfonamides is 1. The number of anilines is 2. The number of hydrogen-bond donors (Lipinski definition) is 2. The first kappa shape index (κ1) is 22.4. The van der Waals surface area contributed by atoms with Crippen LogP contribution in [0.25, 0.3) is 16.5 Å². The Morgan fingerprint density at radius 1 is 0.886 bits per heavy atom. The van der Waals surface area contributed by atoms with Gasteiger partial charge in [-0.1, -0.05) is 36.4 Å². The maximum atomic E-state index is 13.2. The molecule has 0 spiro atoms. The summed E-state index contributed by atoms with van der Waals surface area (Å²) in [5.74, 6) is -0.539. The molecule has 9 nitrogen and oxygen atoms in total. The first-order valence-electron chi connectivity index (χ1n) is 10.3. The van der Waals surface area contributed by atoms with Crippen LogP contribution in [0, 0.1) is 0 Å². The Morgan fingerprint density at radius 3 is 2.26 bits per heavy atom. The number of nitrogens with one attached hydrogen (secondary N) is 2. The number of rotatable bonds is 6. The quantitative estimate of drug-likeness (QED) is 0.362. The highest BCUT2D eigenvalue weighted by molar-refractivity contribution is 7.93. The SMILES string of the molecule is O=C(Nc1ccc(S(=O)(=O)Nc2nccs2)cc1)c1nn(-c2ccccc2)c(=O)c2ccccc12. The van der Waals surface area contributed by atoms with Crippen LogP contribution in [0.5, 0.6) is 0 Å². The molecule has 0 bridgehead atoms. The monoisotopic (exact) mass is 503 g/mol. The summed E-state index contributed by atoms with van der Waals surface area (Å²) in [5.41, 5.74) is 0.614. The molecule has 0 fully saturated rings. The van der Waals surface area contributed by atoms with E-state index in [2.05, 4.69) is 20.1 Å². The fourth-order valence-corrected chi connectivity index (χ4v) is 5.25. The molecule has 0 radical (unpaired) electrons. The van der Waals surface area contributed by atoms with Gasteiger partial charge >= 0.3 is 0 Å². The van der Waals surface area contributed by atoms with Crippen LogP contribution in [0.4, 0.5) is 10.8 Å². The van der Waals surface area contributed by atoms with Crippen LogP contribution < -0.4 is 15.6 Å². The molecule has 1 amide bonds. The zero-order chi connectivity index (χ0) is 24.4. The van der Waals surface area contributed by atoms with Crippen molar-refractivity contribution in [1.29, 1.82) is 0 Å². The van der Waals surface area contributed by atoms with Gasteiger partial charge in [0, 0.05) is 22.7 Å². The van der Waals surface area contributed by atoms with Crippen LogP contribution in [0.2, 0.25) is 0 Å². The summed E-state index contributed by atoms with van der Waals surface area (Å²) in [5, 5.41) is 9.76. The minimum Gasteiger partial charge on any atom is -0.321 e. The Labute approximate surface area is 203 Å². The first-order chi connectivity index (χ1) is 16.9. The van der Waals surface area contributed by atoms with Gasteiger partial charge in [0.1, 0.15) is 0 Å². The number of carbonyl (C=O) groups is 1. The summed E-state index contributed by atoms with van der Waals surface area (Å²) < 4.78 is 28.7. The molecule has 0 aliphatic rings. The lowest BCUT2D eigenvalue weighted by atomic mass is 10.1. The predicted molar refractivity (Wildman–Crippen MR) is 135 cm³/mol. The maximum Gasteiger partial charge on any atom is 0.279 e. The average molecular weight is 504 g/mol. The molecule has 3 aromatic carbocycles. The Bertz CT molecular complexity index is 1680. The van der Waals surface area contributed by atoms with E-state index < -0.39 is 15.9 Å². The molecule has 0 atom stereocenters. The van der Waals surface area contributed by atoms with Crippen LogP contribution in [-0.4, -0.2) is 29.1 Å². The first-order valence-corrected chi connectivity index (χ1v) is 12.7. The molecule has 174 valence electrons. The summed E-state index contributed by atoms with van der Waals surface area (Å²) in [6, 6.07) is 21.3. The van der Waals surface area contributed by atoms with Crippen LogP contribution >= 0.6 is 11.3 Å². The zero-order valence-corrected chi connectivity index (χ0v) is 19.6. The number of thiazole rings is 1. The van der Waals surface area contributed by atoms with Gasteiger partial charge in [-0.15, -0.1) is 11.3 Å². The lowest BCUT2D eigenvalue weighted by Gasteiger charge is -2.12. The molecule has 2 heterocycles. The number of benzene rings is 3. The van der Waals surface area contributed by atoms with Crippen LogP contribution in [0.1, 0.15) is 10.5 Å². The van der Waals surface area contributed by atoms with Gasteiger partial charge in [-0.2, -0.15) is 9.78 Å². The van der Waals surface area contributed by atoms with Gasteiger partial charge < -0.3 is 5.32 Å². The topological polar surface area (TPSA) is 123 Å². The molecular formula is C24H17N5O4S2. The van der Waals surface area contributed by atoms with Crippen molar-refractivity contribution < 1.29 is 13.2 Å². The largest absolute Gasteiger partial charge is 0.321 e. The van der Waals surface area contributed by atoms with E-state index in [0.29, 0.717) is 22.1 Å². The number of para-hydroxylation sites is 1. The maximum absolute atomic E-state index is 13.2. The molecule has 2 aromatic heterocycles. The van der Waals surface area contributed by atoms with Crippen molar-refractivity contribution in [2.45, 2.75) is 4.90 Å². The minimum absolute atomic E-state index is 0.0203. The molecule has 0 unspecified atom stereocenters. The minimum atomic E-state index is -3.82. The smallest absolute Gasteiger partial charge is 0.279 e.